The number of nitrogens with zero attached hydrogens (tertiary/aromatic N) is 3. The predicted octanol–water partition coefficient (Wildman–Crippen LogP) is 3.07. The second-order valence-electron chi connectivity index (χ2n) is 7.02. The van der Waals surface area contributed by atoms with E-state index < -0.39 is 0 Å². The molecule has 1 aliphatic rings. The van der Waals surface area contributed by atoms with Gasteiger partial charge in [0.2, 0.25) is 5.95 Å². The Labute approximate surface area is 149 Å². The predicted molar refractivity (Wildman–Crippen MR) is 99.7 cm³/mol. The van der Waals surface area contributed by atoms with Crippen molar-refractivity contribution < 1.29 is 4.79 Å². The highest BCUT2D eigenvalue weighted by molar-refractivity contribution is 5.93. The monoisotopic (exact) mass is 338 g/mol. The molecule has 0 atom stereocenters. The van der Waals surface area contributed by atoms with Crippen molar-refractivity contribution in [3.63, 3.8) is 0 Å². The van der Waals surface area contributed by atoms with Crippen LogP contribution in [0.3, 0.4) is 0 Å². The van der Waals surface area contributed by atoms with Gasteiger partial charge in [-0.25, -0.2) is 9.97 Å². The molecule has 1 N–H and O–H groups in total. The summed E-state index contributed by atoms with van der Waals surface area (Å²) >= 11 is 0. The highest BCUT2D eigenvalue weighted by Crippen LogP contribution is 2.23. The molecular weight excluding hydrogens is 312 g/mol. The number of hydrogen-bond acceptors (Lipinski definition) is 4. The summed E-state index contributed by atoms with van der Waals surface area (Å²) in [5.41, 5.74) is 1.93. The molecule has 5 nitrogen and oxygen atoms in total. The van der Waals surface area contributed by atoms with Gasteiger partial charge in [-0.3, -0.25) is 4.79 Å². The zero-order valence-corrected chi connectivity index (χ0v) is 15.0. The lowest BCUT2D eigenvalue weighted by Crippen LogP contribution is -2.35. The summed E-state index contributed by atoms with van der Waals surface area (Å²) in [5.74, 6) is 1.32. The molecule has 0 bridgehead atoms. The van der Waals surface area contributed by atoms with Gasteiger partial charge in [-0.2, -0.15) is 0 Å². The minimum atomic E-state index is -0.122. The van der Waals surface area contributed by atoms with Crippen LogP contribution in [0.25, 0.3) is 0 Å². The molecule has 1 fully saturated rings. The number of rotatable bonds is 5. The minimum absolute atomic E-state index is 0.107. The summed E-state index contributed by atoms with van der Waals surface area (Å²) in [6, 6.07) is 10.8. The summed E-state index contributed by atoms with van der Waals surface area (Å²) in [7, 11) is 0. The van der Waals surface area contributed by atoms with E-state index in [1.807, 2.05) is 13.8 Å². The highest BCUT2D eigenvalue weighted by Gasteiger charge is 2.21. The molecule has 1 aromatic heterocycles. The van der Waals surface area contributed by atoms with Gasteiger partial charge in [0.1, 0.15) is 0 Å². The maximum absolute atomic E-state index is 12.0. The van der Waals surface area contributed by atoms with Crippen molar-refractivity contribution in [2.45, 2.75) is 39.2 Å². The quantitative estimate of drug-likeness (QED) is 0.910. The molecular formula is C20H26N4O. The Bertz CT molecular complexity index is 677. The van der Waals surface area contributed by atoms with Crippen LogP contribution in [0.2, 0.25) is 0 Å². The van der Waals surface area contributed by atoms with Crippen molar-refractivity contribution in [3.8, 4) is 0 Å². The second kappa shape index (κ2) is 8.10. The highest BCUT2D eigenvalue weighted by atomic mass is 16.1. The molecule has 0 aliphatic carbocycles. The van der Waals surface area contributed by atoms with Gasteiger partial charge in [-0.15, -0.1) is 0 Å². The van der Waals surface area contributed by atoms with E-state index in [1.54, 1.807) is 12.4 Å². The van der Waals surface area contributed by atoms with Crippen molar-refractivity contribution >= 4 is 11.9 Å². The number of carbonyl (C=O) groups is 1. The largest absolute Gasteiger partial charge is 0.350 e. The summed E-state index contributed by atoms with van der Waals surface area (Å²) in [6.45, 7) is 5.81. The number of benzene rings is 1. The number of nitrogens with one attached hydrogen (secondary N) is 1. The smallest absolute Gasteiger partial charge is 0.254 e. The lowest BCUT2D eigenvalue weighted by molar-refractivity contribution is 0.0942. The number of carbonyl (C=O) groups excluding carboxylic acids is 1. The first-order valence-electron chi connectivity index (χ1n) is 9.03. The van der Waals surface area contributed by atoms with Crippen LogP contribution in [0.4, 0.5) is 5.95 Å². The van der Waals surface area contributed by atoms with E-state index in [1.165, 1.54) is 5.56 Å². The SMILES string of the molecule is CC(C)NC(=O)c1cnc(N2CCC(Cc3ccccc3)CC2)nc1. The van der Waals surface area contributed by atoms with E-state index in [0.717, 1.165) is 44.2 Å². The molecule has 132 valence electrons. The van der Waals surface area contributed by atoms with Crippen molar-refractivity contribution in [1.29, 1.82) is 0 Å². The van der Waals surface area contributed by atoms with Gasteiger partial charge in [0.25, 0.3) is 5.91 Å². The van der Waals surface area contributed by atoms with Gasteiger partial charge >= 0.3 is 0 Å². The molecule has 2 aromatic rings. The topological polar surface area (TPSA) is 58.1 Å². The van der Waals surface area contributed by atoms with Crippen molar-refractivity contribution in [2.75, 3.05) is 18.0 Å². The molecule has 0 unspecified atom stereocenters. The molecule has 25 heavy (non-hydrogen) atoms. The van der Waals surface area contributed by atoms with E-state index in [-0.39, 0.29) is 11.9 Å². The van der Waals surface area contributed by atoms with E-state index in [2.05, 4.69) is 50.5 Å². The molecule has 0 spiro atoms. The van der Waals surface area contributed by atoms with Crippen LogP contribution in [-0.4, -0.2) is 35.0 Å². The fourth-order valence-electron chi connectivity index (χ4n) is 3.23. The number of amides is 1. The number of hydrogen-bond donors (Lipinski definition) is 1. The first kappa shape index (κ1) is 17.4. The Hall–Kier alpha value is -2.43. The normalized spacial score (nSPS) is 15.4. The van der Waals surface area contributed by atoms with E-state index in [0.29, 0.717) is 5.56 Å². The Balaban J connectivity index is 1.53. The Kier molecular flexibility index (Phi) is 5.64. The maximum atomic E-state index is 12.0. The average molecular weight is 338 g/mol. The Morgan fingerprint density at radius 2 is 1.80 bits per heavy atom. The zero-order valence-electron chi connectivity index (χ0n) is 15.0. The number of aromatic nitrogens is 2. The van der Waals surface area contributed by atoms with Crippen molar-refractivity contribution in [3.05, 3.63) is 53.9 Å². The van der Waals surface area contributed by atoms with Crippen LogP contribution in [0.15, 0.2) is 42.7 Å². The molecule has 1 saturated heterocycles. The van der Waals surface area contributed by atoms with Crippen LogP contribution >= 0.6 is 0 Å². The Morgan fingerprint density at radius 3 is 2.40 bits per heavy atom. The van der Waals surface area contributed by atoms with Crippen LogP contribution in [0.1, 0.15) is 42.6 Å². The van der Waals surface area contributed by atoms with Gasteiger partial charge in [0.15, 0.2) is 0 Å². The summed E-state index contributed by atoms with van der Waals surface area (Å²) in [4.78, 5) is 23.0. The molecule has 1 aliphatic heterocycles. The van der Waals surface area contributed by atoms with E-state index >= 15 is 0 Å². The van der Waals surface area contributed by atoms with Gasteiger partial charge in [0.05, 0.1) is 5.56 Å². The third-order valence-corrected chi connectivity index (χ3v) is 4.58. The van der Waals surface area contributed by atoms with Gasteiger partial charge < -0.3 is 10.2 Å². The molecule has 2 heterocycles. The fourth-order valence-corrected chi connectivity index (χ4v) is 3.23. The first-order valence-corrected chi connectivity index (χ1v) is 9.03. The lowest BCUT2D eigenvalue weighted by Gasteiger charge is -2.32. The van der Waals surface area contributed by atoms with Crippen LogP contribution < -0.4 is 10.2 Å². The number of anilines is 1. The molecule has 5 heteroatoms. The van der Waals surface area contributed by atoms with Gasteiger partial charge in [-0.05, 0) is 44.6 Å². The fraction of sp³-hybridized carbons (Fsp3) is 0.450. The summed E-state index contributed by atoms with van der Waals surface area (Å²) in [6.07, 6.45) is 6.68. The van der Waals surface area contributed by atoms with E-state index in [9.17, 15) is 4.79 Å². The van der Waals surface area contributed by atoms with E-state index in [4.69, 9.17) is 0 Å². The maximum Gasteiger partial charge on any atom is 0.254 e. The third-order valence-electron chi connectivity index (χ3n) is 4.58. The van der Waals surface area contributed by atoms with Crippen LogP contribution in [0, 0.1) is 5.92 Å². The molecule has 1 aromatic carbocycles. The third kappa shape index (κ3) is 4.78. The summed E-state index contributed by atoms with van der Waals surface area (Å²) < 4.78 is 0. The van der Waals surface area contributed by atoms with Gasteiger partial charge in [-0.1, -0.05) is 30.3 Å². The standard InChI is InChI=1S/C20H26N4O/c1-15(2)23-19(25)18-13-21-20(22-14-18)24-10-8-17(9-11-24)12-16-6-4-3-5-7-16/h3-7,13-15,17H,8-12H2,1-2H3,(H,23,25). The number of piperidine rings is 1. The average Bonchev–Trinajstić information content (AvgIpc) is 2.63. The molecule has 3 rings (SSSR count). The van der Waals surface area contributed by atoms with Gasteiger partial charge in [0, 0.05) is 31.5 Å². The minimum Gasteiger partial charge on any atom is -0.350 e. The Morgan fingerprint density at radius 1 is 1.16 bits per heavy atom. The summed E-state index contributed by atoms with van der Waals surface area (Å²) in [5, 5.41) is 2.85. The van der Waals surface area contributed by atoms with Crippen molar-refractivity contribution in [2.24, 2.45) is 5.92 Å². The zero-order chi connectivity index (χ0) is 17.6. The van der Waals surface area contributed by atoms with Crippen LogP contribution in [0.5, 0.6) is 0 Å². The molecule has 1 amide bonds. The first-order chi connectivity index (χ1) is 12.1. The van der Waals surface area contributed by atoms with Crippen molar-refractivity contribution in [1.82, 2.24) is 15.3 Å². The molecule has 0 saturated carbocycles. The lowest BCUT2D eigenvalue weighted by atomic mass is 9.90. The van der Waals surface area contributed by atoms with Crippen LogP contribution in [-0.2, 0) is 6.42 Å². The second-order valence-corrected chi connectivity index (χ2v) is 7.02. The molecule has 0 radical (unpaired) electrons.